The number of phenols is 1. The van der Waals surface area contributed by atoms with Gasteiger partial charge in [-0.3, -0.25) is 0 Å². The molecule has 0 fully saturated rings. The van der Waals surface area contributed by atoms with E-state index >= 15 is 0 Å². The minimum absolute atomic E-state index is 0. The van der Waals surface area contributed by atoms with E-state index in [9.17, 15) is 0 Å². The Hall–Kier alpha value is -1.49. The SMILES string of the molecule is C.N#Cc1ccccc1O. The van der Waals surface area contributed by atoms with E-state index in [0.29, 0.717) is 5.56 Å². The number of para-hydroxylation sites is 1. The second-order valence-corrected chi connectivity index (χ2v) is 1.63. The van der Waals surface area contributed by atoms with Gasteiger partial charge in [0.2, 0.25) is 0 Å². The molecule has 52 valence electrons. The number of phenolic OH excluding ortho intramolecular Hbond substituents is 1. The number of hydrogen-bond acceptors (Lipinski definition) is 2. The van der Waals surface area contributed by atoms with Crippen molar-refractivity contribution < 1.29 is 5.11 Å². The zero-order valence-corrected chi connectivity index (χ0v) is 4.70. The first-order valence-corrected chi connectivity index (χ1v) is 2.52. The van der Waals surface area contributed by atoms with Crippen LogP contribution < -0.4 is 0 Å². The van der Waals surface area contributed by atoms with Gasteiger partial charge in [0.05, 0.1) is 5.56 Å². The van der Waals surface area contributed by atoms with E-state index in [1.807, 2.05) is 6.07 Å². The van der Waals surface area contributed by atoms with Crippen LogP contribution in [0.15, 0.2) is 24.3 Å². The molecule has 1 aromatic carbocycles. The highest BCUT2D eigenvalue weighted by atomic mass is 16.3. The minimum Gasteiger partial charge on any atom is -0.507 e. The predicted molar refractivity (Wildman–Crippen MR) is 39.6 cm³/mol. The summed E-state index contributed by atoms with van der Waals surface area (Å²) in [5.74, 6) is 0.0417. The van der Waals surface area contributed by atoms with Crippen LogP contribution in [0.3, 0.4) is 0 Å². The van der Waals surface area contributed by atoms with Crippen LogP contribution in [0.4, 0.5) is 0 Å². The lowest BCUT2D eigenvalue weighted by molar-refractivity contribution is 0.473. The first kappa shape index (κ1) is 8.51. The summed E-state index contributed by atoms with van der Waals surface area (Å²) in [5.41, 5.74) is 0.317. The zero-order valence-electron chi connectivity index (χ0n) is 4.70. The molecule has 0 spiro atoms. The molecule has 0 saturated carbocycles. The van der Waals surface area contributed by atoms with E-state index in [2.05, 4.69) is 0 Å². The lowest BCUT2D eigenvalue weighted by atomic mass is 10.2. The van der Waals surface area contributed by atoms with Gasteiger partial charge in [-0.1, -0.05) is 19.6 Å². The van der Waals surface area contributed by atoms with Crippen molar-refractivity contribution in [3.05, 3.63) is 29.8 Å². The Morgan fingerprint density at radius 1 is 1.30 bits per heavy atom. The molecule has 1 rings (SSSR count). The summed E-state index contributed by atoms with van der Waals surface area (Å²) in [6.07, 6.45) is 0. The van der Waals surface area contributed by atoms with Crippen LogP contribution in [-0.4, -0.2) is 5.11 Å². The van der Waals surface area contributed by atoms with Gasteiger partial charge < -0.3 is 5.11 Å². The molecular formula is C8H9NO. The van der Waals surface area contributed by atoms with Gasteiger partial charge in [0, 0.05) is 0 Å². The van der Waals surface area contributed by atoms with Gasteiger partial charge in [-0.25, -0.2) is 0 Å². The third kappa shape index (κ3) is 1.49. The third-order valence-electron chi connectivity index (χ3n) is 1.02. The van der Waals surface area contributed by atoms with Crippen molar-refractivity contribution in [3.63, 3.8) is 0 Å². The van der Waals surface area contributed by atoms with E-state index in [-0.39, 0.29) is 13.2 Å². The summed E-state index contributed by atoms with van der Waals surface area (Å²) in [4.78, 5) is 0. The standard InChI is InChI=1S/C7H5NO.CH4/c8-5-6-3-1-2-4-7(6)9;/h1-4,9H;1H4. The Morgan fingerprint density at radius 2 is 1.90 bits per heavy atom. The largest absolute Gasteiger partial charge is 0.507 e. The van der Waals surface area contributed by atoms with Crippen LogP contribution in [0.5, 0.6) is 5.75 Å². The quantitative estimate of drug-likeness (QED) is 0.590. The molecule has 2 nitrogen and oxygen atoms in total. The van der Waals surface area contributed by atoms with Gasteiger partial charge in [0.25, 0.3) is 0 Å². The Bertz CT molecular complexity index is 250. The van der Waals surface area contributed by atoms with E-state index in [0.717, 1.165) is 0 Å². The molecule has 0 aliphatic carbocycles. The molecule has 0 saturated heterocycles. The second kappa shape index (κ2) is 3.52. The number of hydrogen-bond donors (Lipinski definition) is 1. The summed E-state index contributed by atoms with van der Waals surface area (Å²) in [5, 5.41) is 17.2. The molecule has 0 amide bonds. The van der Waals surface area contributed by atoms with Crippen LogP contribution in [0, 0.1) is 11.3 Å². The van der Waals surface area contributed by atoms with Crippen molar-refractivity contribution in [2.45, 2.75) is 7.43 Å². The molecule has 0 unspecified atom stereocenters. The van der Waals surface area contributed by atoms with Crippen LogP contribution in [0.1, 0.15) is 13.0 Å². The molecule has 0 atom stereocenters. The third-order valence-corrected chi connectivity index (χ3v) is 1.02. The Labute approximate surface area is 60.4 Å². The Morgan fingerprint density at radius 3 is 2.30 bits per heavy atom. The molecule has 0 heterocycles. The average molecular weight is 135 g/mol. The van der Waals surface area contributed by atoms with Crippen molar-refractivity contribution >= 4 is 0 Å². The topological polar surface area (TPSA) is 44.0 Å². The Balaban J connectivity index is 0.000000810. The normalized spacial score (nSPS) is 7.50. The van der Waals surface area contributed by atoms with Gasteiger partial charge in [0.1, 0.15) is 11.8 Å². The molecule has 0 radical (unpaired) electrons. The molecule has 10 heavy (non-hydrogen) atoms. The molecule has 0 aliphatic heterocycles. The van der Waals surface area contributed by atoms with Crippen molar-refractivity contribution in [2.75, 3.05) is 0 Å². The van der Waals surface area contributed by atoms with Crippen LogP contribution in [0.2, 0.25) is 0 Å². The lowest BCUT2D eigenvalue weighted by Crippen LogP contribution is -1.71. The van der Waals surface area contributed by atoms with E-state index in [1.54, 1.807) is 18.2 Å². The number of benzene rings is 1. The number of nitrogens with zero attached hydrogens (tertiary/aromatic N) is 1. The summed E-state index contributed by atoms with van der Waals surface area (Å²) < 4.78 is 0. The maximum Gasteiger partial charge on any atom is 0.133 e. The van der Waals surface area contributed by atoms with Gasteiger partial charge in [-0.15, -0.1) is 0 Å². The predicted octanol–water partition coefficient (Wildman–Crippen LogP) is 1.90. The van der Waals surface area contributed by atoms with E-state index in [4.69, 9.17) is 10.4 Å². The molecule has 1 aromatic rings. The smallest absolute Gasteiger partial charge is 0.133 e. The lowest BCUT2D eigenvalue weighted by Gasteiger charge is -1.89. The highest BCUT2D eigenvalue weighted by molar-refractivity contribution is 5.41. The van der Waals surface area contributed by atoms with Crippen LogP contribution in [0.25, 0.3) is 0 Å². The zero-order chi connectivity index (χ0) is 6.69. The molecule has 2 heteroatoms. The number of aromatic hydroxyl groups is 1. The first-order chi connectivity index (χ1) is 4.34. The van der Waals surface area contributed by atoms with Gasteiger partial charge in [0.15, 0.2) is 0 Å². The second-order valence-electron chi connectivity index (χ2n) is 1.63. The monoisotopic (exact) mass is 135 g/mol. The number of nitriles is 1. The average Bonchev–Trinajstić information content (AvgIpc) is 1.89. The fraction of sp³-hybridized carbons (Fsp3) is 0.125. The fourth-order valence-electron chi connectivity index (χ4n) is 0.568. The molecule has 0 aromatic heterocycles. The van der Waals surface area contributed by atoms with Crippen molar-refractivity contribution in [1.82, 2.24) is 0 Å². The van der Waals surface area contributed by atoms with E-state index in [1.165, 1.54) is 6.07 Å². The summed E-state index contributed by atoms with van der Waals surface area (Å²) in [6.45, 7) is 0. The van der Waals surface area contributed by atoms with Gasteiger partial charge >= 0.3 is 0 Å². The summed E-state index contributed by atoms with van der Waals surface area (Å²) in [7, 11) is 0. The van der Waals surface area contributed by atoms with Crippen molar-refractivity contribution in [2.24, 2.45) is 0 Å². The molecule has 1 N–H and O–H groups in total. The van der Waals surface area contributed by atoms with Crippen LogP contribution in [-0.2, 0) is 0 Å². The van der Waals surface area contributed by atoms with Crippen LogP contribution >= 0.6 is 0 Å². The van der Waals surface area contributed by atoms with Gasteiger partial charge in [-0.2, -0.15) is 5.26 Å². The fourth-order valence-corrected chi connectivity index (χ4v) is 0.568. The Kier molecular flexibility index (Phi) is 2.99. The molecule has 0 aliphatic rings. The highest BCUT2D eigenvalue weighted by Crippen LogP contribution is 2.12. The molecule has 0 bridgehead atoms. The van der Waals surface area contributed by atoms with Crippen molar-refractivity contribution in [3.8, 4) is 11.8 Å². The maximum atomic E-state index is 8.89. The first-order valence-electron chi connectivity index (χ1n) is 2.52. The highest BCUT2D eigenvalue weighted by Gasteiger charge is 1.93. The summed E-state index contributed by atoms with van der Waals surface area (Å²) in [6, 6.07) is 8.28. The summed E-state index contributed by atoms with van der Waals surface area (Å²) >= 11 is 0. The van der Waals surface area contributed by atoms with E-state index < -0.39 is 0 Å². The minimum atomic E-state index is 0. The molecular weight excluding hydrogens is 126 g/mol. The number of rotatable bonds is 0. The maximum absolute atomic E-state index is 8.89. The van der Waals surface area contributed by atoms with Gasteiger partial charge in [-0.05, 0) is 12.1 Å². The van der Waals surface area contributed by atoms with Crippen molar-refractivity contribution in [1.29, 1.82) is 5.26 Å².